The predicted octanol–water partition coefficient (Wildman–Crippen LogP) is 4.35. The maximum atomic E-state index is 12.7. The molecule has 0 aliphatic heterocycles. The molecule has 160 valence electrons. The van der Waals surface area contributed by atoms with Gasteiger partial charge in [0.1, 0.15) is 27.2 Å². The van der Waals surface area contributed by atoms with Crippen LogP contribution >= 0.6 is 0 Å². The third-order valence-electron chi connectivity index (χ3n) is 4.77. The summed E-state index contributed by atoms with van der Waals surface area (Å²) >= 11 is 0. The standard InChI is InChI=1S/C22H27N3O4S/c1-22(2,3)21(26)14-25-30(23,27)17-8-5-15(6-9-17)29-20-11-12-24-19-13-16(28-4)7-10-18(19)20/h5-13,21,26H,14H2,1-4H3,(H2,23,25,27)/t21-,30+/m0/s1. The quantitative estimate of drug-likeness (QED) is 0.518. The molecule has 2 aromatic carbocycles. The second-order valence-corrected chi connectivity index (χ2v) is 9.92. The zero-order chi connectivity index (χ0) is 21.9. The number of rotatable bonds is 7. The molecular weight excluding hydrogens is 402 g/mol. The second kappa shape index (κ2) is 8.59. The molecule has 3 rings (SSSR count). The van der Waals surface area contributed by atoms with E-state index in [1.807, 2.05) is 39.0 Å². The van der Waals surface area contributed by atoms with Crippen LogP contribution in [0.3, 0.4) is 0 Å². The summed E-state index contributed by atoms with van der Waals surface area (Å²) in [6.45, 7) is 5.72. The highest BCUT2D eigenvalue weighted by molar-refractivity contribution is 7.90. The van der Waals surface area contributed by atoms with E-state index in [0.717, 1.165) is 10.9 Å². The Bertz CT molecular complexity index is 1120. The average Bonchev–Trinajstić information content (AvgIpc) is 2.71. The normalized spacial score (nSPS) is 14.8. The van der Waals surface area contributed by atoms with E-state index in [-0.39, 0.29) is 12.0 Å². The highest BCUT2D eigenvalue weighted by Gasteiger charge is 2.23. The van der Waals surface area contributed by atoms with Crippen molar-refractivity contribution in [3.8, 4) is 17.2 Å². The molecule has 0 aliphatic carbocycles. The van der Waals surface area contributed by atoms with Crippen molar-refractivity contribution in [2.45, 2.75) is 31.8 Å². The van der Waals surface area contributed by atoms with Gasteiger partial charge >= 0.3 is 0 Å². The fourth-order valence-corrected chi connectivity index (χ4v) is 3.81. The lowest BCUT2D eigenvalue weighted by Gasteiger charge is -2.26. The Hall–Kier alpha value is -2.68. The minimum Gasteiger partial charge on any atom is -0.497 e. The number of nitrogens with one attached hydrogen (secondary N) is 2. The number of aliphatic hydroxyl groups is 1. The molecule has 0 fully saturated rings. The van der Waals surface area contributed by atoms with Crippen LogP contribution in [-0.2, 0) is 9.92 Å². The summed E-state index contributed by atoms with van der Waals surface area (Å²) in [7, 11) is -1.63. The van der Waals surface area contributed by atoms with Gasteiger partial charge in [0, 0.05) is 24.2 Å². The molecule has 3 N–H and O–H groups in total. The van der Waals surface area contributed by atoms with Crippen LogP contribution in [0.1, 0.15) is 20.8 Å². The lowest BCUT2D eigenvalue weighted by molar-refractivity contribution is 0.0678. The van der Waals surface area contributed by atoms with Gasteiger partial charge < -0.3 is 14.6 Å². The first-order chi connectivity index (χ1) is 14.1. The number of fused-ring (bicyclic) bond motifs is 1. The fourth-order valence-electron chi connectivity index (χ4n) is 2.73. The Kier molecular flexibility index (Phi) is 6.30. The highest BCUT2D eigenvalue weighted by Crippen LogP contribution is 2.31. The number of hydrogen-bond donors (Lipinski definition) is 3. The van der Waals surface area contributed by atoms with E-state index in [9.17, 15) is 9.32 Å². The highest BCUT2D eigenvalue weighted by atomic mass is 32.2. The van der Waals surface area contributed by atoms with Crippen molar-refractivity contribution in [1.82, 2.24) is 9.71 Å². The van der Waals surface area contributed by atoms with E-state index in [4.69, 9.17) is 14.3 Å². The summed E-state index contributed by atoms with van der Waals surface area (Å²) in [5.41, 5.74) is 0.386. The molecule has 0 saturated heterocycles. The summed E-state index contributed by atoms with van der Waals surface area (Å²) in [6.07, 6.45) is 0.942. The largest absolute Gasteiger partial charge is 0.497 e. The number of aliphatic hydroxyl groups excluding tert-OH is 1. The monoisotopic (exact) mass is 429 g/mol. The minimum absolute atomic E-state index is 0.0660. The van der Waals surface area contributed by atoms with Gasteiger partial charge in [0.2, 0.25) is 0 Å². The van der Waals surface area contributed by atoms with E-state index in [1.165, 1.54) is 0 Å². The molecule has 1 heterocycles. The number of pyridine rings is 1. The Morgan fingerprint density at radius 2 is 1.80 bits per heavy atom. The molecule has 7 nitrogen and oxygen atoms in total. The van der Waals surface area contributed by atoms with Gasteiger partial charge in [-0.15, -0.1) is 0 Å². The van der Waals surface area contributed by atoms with Gasteiger partial charge in [-0.25, -0.2) is 13.7 Å². The van der Waals surface area contributed by atoms with E-state index in [2.05, 4.69) is 9.71 Å². The maximum absolute atomic E-state index is 12.7. The van der Waals surface area contributed by atoms with Gasteiger partial charge in [-0.2, -0.15) is 0 Å². The van der Waals surface area contributed by atoms with Crippen LogP contribution in [-0.4, -0.2) is 34.1 Å². The molecule has 0 saturated carbocycles. The van der Waals surface area contributed by atoms with E-state index >= 15 is 0 Å². The molecule has 2 atom stereocenters. The minimum atomic E-state index is -3.24. The van der Waals surface area contributed by atoms with E-state index in [1.54, 1.807) is 43.6 Å². The summed E-state index contributed by atoms with van der Waals surface area (Å²) in [6, 6.07) is 13.8. The van der Waals surface area contributed by atoms with Crippen LogP contribution in [0.4, 0.5) is 0 Å². The van der Waals surface area contributed by atoms with Gasteiger partial charge in [0.05, 0.1) is 23.6 Å². The average molecular weight is 430 g/mol. The lowest BCUT2D eigenvalue weighted by Crippen LogP contribution is -2.38. The summed E-state index contributed by atoms with van der Waals surface area (Å²) in [5, 5.41) is 11.0. The third kappa shape index (κ3) is 5.08. The number of nitrogens with zero attached hydrogens (tertiary/aromatic N) is 1. The predicted molar refractivity (Wildman–Crippen MR) is 117 cm³/mol. The van der Waals surface area contributed by atoms with Crippen LogP contribution in [0, 0.1) is 10.2 Å². The van der Waals surface area contributed by atoms with Crippen LogP contribution in [0.2, 0.25) is 0 Å². The van der Waals surface area contributed by atoms with Crippen molar-refractivity contribution in [1.29, 1.82) is 4.78 Å². The molecule has 30 heavy (non-hydrogen) atoms. The van der Waals surface area contributed by atoms with Crippen molar-refractivity contribution < 1.29 is 18.8 Å². The maximum Gasteiger partial charge on any atom is 0.138 e. The van der Waals surface area contributed by atoms with Gasteiger partial charge in [-0.1, -0.05) is 20.8 Å². The molecule has 0 bridgehead atoms. The van der Waals surface area contributed by atoms with Gasteiger partial charge in [0.15, 0.2) is 0 Å². The summed E-state index contributed by atoms with van der Waals surface area (Å²) in [5.74, 6) is 1.89. The van der Waals surface area contributed by atoms with Crippen molar-refractivity contribution in [2.75, 3.05) is 13.7 Å². The summed E-state index contributed by atoms with van der Waals surface area (Å²) < 4.78 is 34.7. The molecule has 8 heteroatoms. The molecule has 0 spiro atoms. The third-order valence-corrected chi connectivity index (χ3v) is 6.28. The zero-order valence-electron chi connectivity index (χ0n) is 17.5. The number of hydrogen-bond acceptors (Lipinski definition) is 6. The van der Waals surface area contributed by atoms with Crippen LogP contribution in [0.15, 0.2) is 59.6 Å². The van der Waals surface area contributed by atoms with Crippen molar-refractivity contribution in [2.24, 2.45) is 5.41 Å². The van der Waals surface area contributed by atoms with Crippen molar-refractivity contribution >= 4 is 20.8 Å². The Balaban J connectivity index is 1.75. The molecule has 0 amide bonds. The van der Waals surface area contributed by atoms with E-state index in [0.29, 0.717) is 22.1 Å². The Morgan fingerprint density at radius 3 is 2.43 bits per heavy atom. The molecular formula is C22H27N3O4S. The van der Waals surface area contributed by atoms with E-state index < -0.39 is 16.0 Å². The topological polar surface area (TPSA) is 105 Å². The number of ether oxygens (including phenoxy) is 2. The van der Waals surface area contributed by atoms with Gasteiger partial charge in [-0.3, -0.25) is 4.98 Å². The fraction of sp³-hybridized carbons (Fsp3) is 0.318. The van der Waals surface area contributed by atoms with Crippen LogP contribution in [0.25, 0.3) is 10.9 Å². The zero-order valence-corrected chi connectivity index (χ0v) is 18.3. The second-order valence-electron chi connectivity index (χ2n) is 8.05. The first-order valence-electron chi connectivity index (χ1n) is 9.52. The Morgan fingerprint density at radius 1 is 1.13 bits per heavy atom. The van der Waals surface area contributed by atoms with Crippen molar-refractivity contribution in [3.05, 3.63) is 54.7 Å². The van der Waals surface area contributed by atoms with Crippen LogP contribution < -0.4 is 14.2 Å². The molecule has 0 aliphatic rings. The Labute approximate surface area is 177 Å². The molecule has 0 radical (unpaired) electrons. The first-order valence-corrected chi connectivity index (χ1v) is 11.1. The number of methoxy groups -OCH3 is 1. The number of benzene rings is 2. The number of aromatic nitrogens is 1. The van der Waals surface area contributed by atoms with Crippen molar-refractivity contribution in [3.63, 3.8) is 0 Å². The first kappa shape index (κ1) is 22.0. The molecule has 3 aromatic rings. The van der Waals surface area contributed by atoms with Gasteiger partial charge in [0.25, 0.3) is 0 Å². The molecule has 1 aromatic heterocycles. The van der Waals surface area contributed by atoms with Gasteiger partial charge in [-0.05, 0) is 47.9 Å². The molecule has 0 unspecified atom stereocenters. The lowest BCUT2D eigenvalue weighted by atomic mass is 9.89. The van der Waals surface area contributed by atoms with Crippen LogP contribution in [0.5, 0.6) is 17.2 Å². The SMILES string of the molecule is COc1ccc2c(Oc3ccc([S@](=N)(=O)NC[C@H](O)C(C)(C)C)cc3)ccnc2c1. The summed E-state index contributed by atoms with van der Waals surface area (Å²) in [4.78, 5) is 4.66. The smallest absolute Gasteiger partial charge is 0.138 e.